The molecular formula is C22H20FNO4. The van der Waals surface area contributed by atoms with E-state index < -0.39 is 0 Å². The predicted molar refractivity (Wildman–Crippen MR) is 103 cm³/mol. The van der Waals surface area contributed by atoms with Crippen molar-refractivity contribution in [3.63, 3.8) is 0 Å². The van der Waals surface area contributed by atoms with E-state index in [1.807, 2.05) is 0 Å². The van der Waals surface area contributed by atoms with Crippen molar-refractivity contribution in [2.75, 3.05) is 7.11 Å². The summed E-state index contributed by atoms with van der Waals surface area (Å²) in [5, 5.41) is 12.5. The molecular weight excluding hydrogens is 361 g/mol. The molecule has 0 fully saturated rings. The number of rotatable bonds is 7. The van der Waals surface area contributed by atoms with Crippen molar-refractivity contribution in [2.45, 2.75) is 13.2 Å². The highest BCUT2D eigenvalue weighted by molar-refractivity contribution is 5.96. The first-order valence-corrected chi connectivity index (χ1v) is 8.67. The number of aromatic hydroxyl groups is 1. The minimum atomic E-state index is -0.311. The smallest absolute Gasteiger partial charge is 0.255 e. The number of phenols is 1. The van der Waals surface area contributed by atoms with Gasteiger partial charge in [0.2, 0.25) is 0 Å². The van der Waals surface area contributed by atoms with Crippen molar-refractivity contribution in [3.05, 3.63) is 89.2 Å². The summed E-state index contributed by atoms with van der Waals surface area (Å²) < 4.78 is 23.8. The van der Waals surface area contributed by atoms with Gasteiger partial charge < -0.3 is 19.9 Å². The summed E-state index contributed by atoms with van der Waals surface area (Å²) in [4.78, 5) is 12.6. The Kier molecular flexibility index (Phi) is 6.11. The number of hydrogen-bond donors (Lipinski definition) is 2. The molecule has 144 valence electrons. The third-order valence-corrected chi connectivity index (χ3v) is 4.14. The Hall–Kier alpha value is -3.54. The van der Waals surface area contributed by atoms with Gasteiger partial charge in [-0.15, -0.1) is 0 Å². The van der Waals surface area contributed by atoms with E-state index >= 15 is 0 Å². The number of benzene rings is 3. The number of halogens is 1. The lowest BCUT2D eigenvalue weighted by molar-refractivity contribution is 0.0946. The van der Waals surface area contributed by atoms with Crippen LogP contribution in [0.2, 0.25) is 0 Å². The predicted octanol–water partition coefficient (Wildman–Crippen LogP) is 4.05. The maximum absolute atomic E-state index is 13.0. The van der Waals surface area contributed by atoms with Crippen molar-refractivity contribution in [2.24, 2.45) is 0 Å². The number of nitrogens with one attached hydrogen (secondary N) is 1. The van der Waals surface area contributed by atoms with Crippen molar-refractivity contribution < 1.29 is 23.8 Å². The zero-order valence-electron chi connectivity index (χ0n) is 15.3. The van der Waals surface area contributed by atoms with Crippen LogP contribution in [0.4, 0.5) is 4.39 Å². The minimum Gasteiger partial charge on any atom is -0.504 e. The van der Waals surface area contributed by atoms with Crippen LogP contribution in [-0.2, 0) is 13.2 Å². The number of carbonyl (C=O) groups is 1. The first-order chi connectivity index (χ1) is 13.6. The molecule has 1 amide bonds. The molecule has 0 bridgehead atoms. The van der Waals surface area contributed by atoms with Gasteiger partial charge in [0.15, 0.2) is 11.5 Å². The Labute approximate surface area is 162 Å². The Bertz CT molecular complexity index is 957. The lowest BCUT2D eigenvalue weighted by Gasteiger charge is -2.12. The van der Waals surface area contributed by atoms with Gasteiger partial charge in [0.25, 0.3) is 5.91 Å². The molecule has 0 aromatic heterocycles. The van der Waals surface area contributed by atoms with E-state index in [4.69, 9.17) is 9.47 Å². The van der Waals surface area contributed by atoms with Crippen LogP contribution in [0.25, 0.3) is 0 Å². The largest absolute Gasteiger partial charge is 0.504 e. The van der Waals surface area contributed by atoms with Gasteiger partial charge >= 0.3 is 0 Å². The second kappa shape index (κ2) is 8.90. The summed E-state index contributed by atoms with van der Waals surface area (Å²) in [5.74, 6) is 0.218. The number of methoxy groups -OCH3 is 1. The third-order valence-electron chi connectivity index (χ3n) is 4.14. The zero-order valence-corrected chi connectivity index (χ0v) is 15.3. The lowest BCUT2D eigenvalue weighted by atomic mass is 10.1. The summed E-state index contributed by atoms with van der Waals surface area (Å²) in [6.45, 7) is 0.488. The van der Waals surface area contributed by atoms with Gasteiger partial charge in [-0.1, -0.05) is 30.3 Å². The van der Waals surface area contributed by atoms with Crippen molar-refractivity contribution in [3.8, 4) is 17.2 Å². The lowest BCUT2D eigenvalue weighted by Crippen LogP contribution is -2.23. The monoisotopic (exact) mass is 381 g/mol. The van der Waals surface area contributed by atoms with E-state index in [9.17, 15) is 14.3 Å². The Morgan fingerprint density at radius 2 is 1.71 bits per heavy atom. The Morgan fingerprint density at radius 1 is 1.00 bits per heavy atom. The second-order valence-electron chi connectivity index (χ2n) is 6.10. The summed E-state index contributed by atoms with van der Waals surface area (Å²) in [6, 6.07) is 17.8. The van der Waals surface area contributed by atoms with Crippen LogP contribution >= 0.6 is 0 Å². The molecule has 0 aliphatic heterocycles. The molecule has 0 saturated heterocycles. The van der Waals surface area contributed by atoms with Crippen molar-refractivity contribution in [1.82, 2.24) is 5.32 Å². The van der Waals surface area contributed by atoms with Crippen LogP contribution in [0.3, 0.4) is 0 Å². The maximum atomic E-state index is 13.0. The Morgan fingerprint density at radius 3 is 2.46 bits per heavy atom. The standard InChI is InChI=1S/C22H20FNO4/c1-27-21-12-16(8-11-19(21)25)13-24-22(26)18-4-2-3-5-20(18)28-14-15-6-9-17(23)10-7-15/h2-12,25H,13-14H2,1H3,(H,24,26). The highest BCUT2D eigenvalue weighted by Crippen LogP contribution is 2.26. The molecule has 3 aromatic carbocycles. The highest BCUT2D eigenvalue weighted by atomic mass is 19.1. The normalized spacial score (nSPS) is 10.4. The van der Waals surface area contributed by atoms with Crippen LogP contribution in [0.1, 0.15) is 21.5 Å². The van der Waals surface area contributed by atoms with Gasteiger partial charge in [-0.05, 0) is 47.5 Å². The van der Waals surface area contributed by atoms with E-state index in [0.29, 0.717) is 17.1 Å². The molecule has 0 aliphatic carbocycles. The van der Waals surface area contributed by atoms with Crippen LogP contribution in [-0.4, -0.2) is 18.1 Å². The highest BCUT2D eigenvalue weighted by Gasteiger charge is 2.12. The van der Waals surface area contributed by atoms with Crippen molar-refractivity contribution >= 4 is 5.91 Å². The zero-order chi connectivity index (χ0) is 19.9. The van der Waals surface area contributed by atoms with Crippen LogP contribution in [0, 0.1) is 5.82 Å². The van der Waals surface area contributed by atoms with Crippen LogP contribution < -0.4 is 14.8 Å². The van der Waals surface area contributed by atoms with E-state index in [2.05, 4.69) is 5.32 Å². The molecule has 28 heavy (non-hydrogen) atoms. The molecule has 0 saturated carbocycles. The van der Waals surface area contributed by atoms with Gasteiger partial charge in [0.1, 0.15) is 18.2 Å². The topological polar surface area (TPSA) is 67.8 Å². The quantitative estimate of drug-likeness (QED) is 0.648. The van der Waals surface area contributed by atoms with Gasteiger partial charge in [0, 0.05) is 6.54 Å². The number of carbonyl (C=O) groups excluding carboxylic acids is 1. The summed E-state index contributed by atoms with van der Waals surface area (Å²) in [6.07, 6.45) is 0. The fourth-order valence-electron chi connectivity index (χ4n) is 2.63. The molecule has 0 spiro atoms. The molecule has 0 aliphatic rings. The van der Waals surface area contributed by atoms with Crippen molar-refractivity contribution in [1.29, 1.82) is 0 Å². The first kappa shape index (κ1) is 19.2. The second-order valence-corrected chi connectivity index (χ2v) is 6.10. The van der Waals surface area contributed by atoms with Gasteiger partial charge in [-0.2, -0.15) is 0 Å². The molecule has 3 aromatic rings. The molecule has 0 atom stereocenters. The van der Waals surface area contributed by atoms with Crippen LogP contribution in [0.15, 0.2) is 66.7 Å². The molecule has 0 heterocycles. The summed E-state index contributed by atoms with van der Waals surface area (Å²) in [5.41, 5.74) is 1.98. The maximum Gasteiger partial charge on any atom is 0.255 e. The van der Waals surface area contributed by atoms with E-state index in [0.717, 1.165) is 11.1 Å². The van der Waals surface area contributed by atoms with Gasteiger partial charge in [-0.25, -0.2) is 4.39 Å². The Balaban J connectivity index is 1.66. The third kappa shape index (κ3) is 4.79. The van der Waals surface area contributed by atoms with Gasteiger partial charge in [0.05, 0.1) is 12.7 Å². The average Bonchev–Trinajstić information content (AvgIpc) is 2.72. The SMILES string of the molecule is COc1cc(CNC(=O)c2ccccc2OCc2ccc(F)cc2)ccc1O. The number of amides is 1. The van der Waals surface area contributed by atoms with E-state index in [-0.39, 0.29) is 30.6 Å². The van der Waals surface area contributed by atoms with Gasteiger partial charge in [-0.3, -0.25) is 4.79 Å². The molecule has 6 heteroatoms. The molecule has 0 unspecified atom stereocenters. The number of para-hydroxylation sites is 1. The molecule has 0 radical (unpaired) electrons. The van der Waals surface area contributed by atoms with E-state index in [1.165, 1.54) is 25.3 Å². The molecule has 5 nitrogen and oxygen atoms in total. The first-order valence-electron chi connectivity index (χ1n) is 8.67. The summed E-state index contributed by atoms with van der Waals surface area (Å²) in [7, 11) is 1.46. The molecule has 3 rings (SSSR count). The fourth-order valence-corrected chi connectivity index (χ4v) is 2.63. The van der Waals surface area contributed by atoms with E-state index in [1.54, 1.807) is 48.5 Å². The fraction of sp³-hybridized carbons (Fsp3) is 0.136. The molecule has 2 N–H and O–H groups in total. The number of phenolic OH excluding ortho intramolecular Hbond substituents is 1. The summed E-state index contributed by atoms with van der Waals surface area (Å²) >= 11 is 0. The van der Waals surface area contributed by atoms with Crippen LogP contribution in [0.5, 0.6) is 17.2 Å². The number of ether oxygens (including phenoxy) is 2. The number of hydrogen-bond acceptors (Lipinski definition) is 4. The minimum absolute atomic E-state index is 0.0390. The average molecular weight is 381 g/mol.